The summed E-state index contributed by atoms with van der Waals surface area (Å²) in [7, 11) is 0. The van der Waals surface area contributed by atoms with Gasteiger partial charge in [0.1, 0.15) is 5.92 Å². The standard InChI is InChI=1S/C15H21N3O2/c1-2-3-4-7-10-18-12-9-6-5-8-11(12)13(15(18)20)14(19)17-16/h5-6,8-9,13H,2-4,7,10,16H2,1H3,(H,17,19). The highest BCUT2D eigenvalue weighted by molar-refractivity contribution is 6.17. The van der Waals surface area contributed by atoms with Gasteiger partial charge in [-0.15, -0.1) is 0 Å². The molecule has 20 heavy (non-hydrogen) atoms. The largest absolute Gasteiger partial charge is 0.311 e. The summed E-state index contributed by atoms with van der Waals surface area (Å²) in [5, 5.41) is 0. The number of rotatable bonds is 6. The molecule has 1 aliphatic heterocycles. The zero-order chi connectivity index (χ0) is 14.5. The van der Waals surface area contributed by atoms with Crippen molar-refractivity contribution in [1.82, 2.24) is 5.43 Å². The number of unbranched alkanes of at least 4 members (excludes halogenated alkanes) is 3. The van der Waals surface area contributed by atoms with E-state index in [2.05, 4.69) is 12.3 Å². The Labute approximate surface area is 119 Å². The fraction of sp³-hybridized carbons (Fsp3) is 0.467. The lowest BCUT2D eigenvalue weighted by atomic mass is 10.0. The number of hydrogen-bond acceptors (Lipinski definition) is 3. The first-order valence-corrected chi connectivity index (χ1v) is 7.11. The maximum atomic E-state index is 12.4. The highest BCUT2D eigenvalue weighted by atomic mass is 16.2. The van der Waals surface area contributed by atoms with Crippen LogP contribution < -0.4 is 16.2 Å². The summed E-state index contributed by atoms with van der Waals surface area (Å²) in [6.07, 6.45) is 4.36. The molecule has 5 nitrogen and oxygen atoms in total. The van der Waals surface area contributed by atoms with Crippen LogP contribution in [0.2, 0.25) is 0 Å². The second-order valence-corrected chi connectivity index (χ2v) is 5.05. The molecule has 3 N–H and O–H groups in total. The van der Waals surface area contributed by atoms with E-state index < -0.39 is 11.8 Å². The van der Waals surface area contributed by atoms with Gasteiger partial charge in [-0.25, -0.2) is 5.84 Å². The lowest BCUT2D eigenvalue weighted by Crippen LogP contribution is -2.40. The minimum absolute atomic E-state index is 0.175. The first-order chi connectivity index (χ1) is 9.70. The van der Waals surface area contributed by atoms with Crippen molar-refractivity contribution in [3.8, 4) is 0 Å². The number of nitrogens with one attached hydrogen (secondary N) is 1. The number of anilines is 1. The maximum absolute atomic E-state index is 12.4. The van der Waals surface area contributed by atoms with Gasteiger partial charge in [-0.1, -0.05) is 44.4 Å². The van der Waals surface area contributed by atoms with Gasteiger partial charge in [0.05, 0.1) is 0 Å². The number of amides is 2. The molecule has 0 saturated heterocycles. The third kappa shape index (κ3) is 2.67. The van der Waals surface area contributed by atoms with E-state index in [1.807, 2.05) is 24.3 Å². The molecule has 2 rings (SSSR count). The normalized spacial score (nSPS) is 17.2. The summed E-state index contributed by atoms with van der Waals surface area (Å²) in [5.41, 5.74) is 3.67. The molecule has 1 aromatic rings. The predicted octanol–water partition coefficient (Wildman–Crippen LogP) is 1.69. The molecule has 1 atom stereocenters. The SMILES string of the molecule is CCCCCCN1C(=O)C(C(=O)NN)c2ccccc21. The van der Waals surface area contributed by atoms with Crippen LogP contribution in [0.1, 0.15) is 44.1 Å². The van der Waals surface area contributed by atoms with E-state index in [9.17, 15) is 9.59 Å². The van der Waals surface area contributed by atoms with Crippen molar-refractivity contribution in [2.24, 2.45) is 5.84 Å². The zero-order valence-electron chi connectivity index (χ0n) is 11.8. The molecule has 2 amide bonds. The quantitative estimate of drug-likeness (QED) is 0.273. The molecule has 0 saturated carbocycles. The highest BCUT2D eigenvalue weighted by Gasteiger charge is 2.40. The van der Waals surface area contributed by atoms with Crippen LogP contribution in [-0.4, -0.2) is 18.4 Å². The van der Waals surface area contributed by atoms with E-state index in [0.29, 0.717) is 6.54 Å². The Morgan fingerprint density at radius 2 is 2.05 bits per heavy atom. The molecule has 0 bridgehead atoms. The minimum Gasteiger partial charge on any atom is -0.311 e. The van der Waals surface area contributed by atoms with Gasteiger partial charge in [-0.2, -0.15) is 0 Å². The van der Waals surface area contributed by atoms with Crippen LogP contribution in [0.25, 0.3) is 0 Å². The molecule has 5 heteroatoms. The van der Waals surface area contributed by atoms with Crippen molar-refractivity contribution in [3.63, 3.8) is 0 Å². The molecular weight excluding hydrogens is 254 g/mol. The highest BCUT2D eigenvalue weighted by Crippen LogP contribution is 2.37. The molecule has 0 aliphatic carbocycles. The predicted molar refractivity (Wildman–Crippen MR) is 78.0 cm³/mol. The molecular formula is C15H21N3O2. The summed E-state index contributed by atoms with van der Waals surface area (Å²) in [6.45, 7) is 2.81. The average Bonchev–Trinajstić information content (AvgIpc) is 2.75. The van der Waals surface area contributed by atoms with Crippen molar-refractivity contribution in [2.75, 3.05) is 11.4 Å². The van der Waals surface area contributed by atoms with E-state index in [-0.39, 0.29) is 5.91 Å². The van der Waals surface area contributed by atoms with Crippen molar-refractivity contribution in [3.05, 3.63) is 29.8 Å². The molecule has 1 aliphatic rings. The summed E-state index contributed by atoms with van der Waals surface area (Å²) >= 11 is 0. The lowest BCUT2D eigenvalue weighted by molar-refractivity contribution is -0.129. The van der Waals surface area contributed by atoms with Crippen molar-refractivity contribution in [2.45, 2.75) is 38.5 Å². The first kappa shape index (κ1) is 14.5. The Balaban J connectivity index is 2.18. The van der Waals surface area contributed by atoms with Crippen molar-refractivity contribution >= 4 is 17.5 Å². The number of fused-ring (bicyclic) bond motifs is 1. The Morgan fingerprint density at radius 3 is 2.75 bits per heavy atom. The number of para-hydroxylation sites is 1. The zero-order valence-corrected chi connectivity index (χ0v) is 11.8. The van der Waals surface area contributed by atoms with Gasteiger partial charge in [-0.3, -0.25) is 15.0 Å². The van der Waals surface area contributed by atoms with Crippen LogP contribution in [0.4, 0.5) is 5.69 Å². The molecule has 108 valence electrons. The summed E-state index contributed by atoms with van der Waals surface area (Å²) in [5.74, 6) is 3.76. The van der Waals surface area contributed by atoms with Gasteiger partial charge in [-0.05, 0) is 18.1 Å². The second-order valence-electron chi connectivity index (χ2n) is 5.05. The van der Waals surface area contributed by atoms with Gasteiger partial charge < -0.3 is 4.90 Å². The molecule has 1 heterocycles. The van der Waals surface area contributed by atoms with E-state index in [0.717, 1.165) is 36.9 Å². The second kappa shape index (κ2) is 6.52. The number of hydrogen-bond donors (Lipinski definition) is 2. The molecule has 0 fully saturated rings. The topological polar surface area (TPSA) is 75.4 Å². The fourth-order valence-electron chi connectivity index (χ4n) is 2.65. The smallest absolute Gasteiger partial charge is 0.251 e. The number of nitrogens with zero attached hydrogens (tertiary/aromatic N) is 1. The number of benzene rings is 1. The van der Waals surface area contributed by atoms with Gasteiger partial charge in [0.2, 0.25) is 5.91 Å². The number of hydrazine groups is 1. The third-order valence-corrected chi connectivity index (χ3v) is 3.69. The summed E-state index contributed by atoms with van der Waals surface area (Å²) in [4.78, 5) is 26.0. The van der Waals surface area contributed by atoms with E-state index in [1.165, 1.54) is 0 Å². The number of carbonyl (C=O) groups is 2. The lowest BCUT2D eigenvalue weighted by Gasteiger charge is -2.17. The van der Waals surface area contributed by atoms with Crippen LogP contribution in [0.5, 0.6) is 0 Å². The van der Waals surface area contributed by atoms with Crippen LogP contribution in [0.15, 0.2) is 24.3 Å². The van der Waals surface area contributed by atoms with Crippen molar-refractivity contribution < 1.29 is 9.59 Å². The van der Waals surface area contributed by atoms with Gasteiger partial charge >= 0.3 is 0 Å². The molecule has 0 radical (unpaired) electrons. The van der Waals surface area contributed by atoms with Crippen LogP contribution in [0.3, 0.4) is 0 Å². The molecule has 0 aromatic heterocycles. The third-order valence-electron chi connectivity index (χ3n) is 3.69. The Bertz CT molecular complexity index is 502. The Kier molecular flexibility index (Phi) is 4.74. The fourth-order valence-corrected chi connectivity index (χ4v) is 2.65. The molecule has 1 unspecified atom stereocenters. The maximum Gasteiger partial charge on any atom is 0.251 e. The van der Waals surface area contributed by atoms with Gasteiger partial charge in [0.25, 0.3) is 5.91 Å². The average molecular weight is 275 g/mol. The van der Waals surface area contributed by atoms with Crippen molar-refractivity contribution in [1.29, 1.82) is 0 Å². The monoisotopic (exact) mass is 275 g/mol. The Morgan fingerprint density at radius 1 is 1.30 bits per heavy atom. The van der Waals surface area contributed by atoms with Gasteiger partial charge in [0.15, 0.2) is 0 Å². The number of nitrogens with two attached hydrogens (primary N) is 1. The van der Waals surface area contributed by atoms with E-state index >= 15 is 0 Å². The Hall–Kier alpha value is -1.88. The van der Waals surface area contributed by atoms with Crippen LogP contribution in [0, 0.1) is 0 Å². The van der Waals surface area contributed by atoms with Gasteiger partial charge in [0, 0.05) is 12.2 Å². The van der Waals surface area contributed by atoms with Crippen LogP contribution >= 0.6 is 0 Å². The molecule has 1 aromatic carbocycles. The van der Waals surface area contributed by atoms with E-state index in [4.69, 9.17) is 5.84 Å². The first-order valence-electron chi connectivity index (χ1n) is 7.11. The van der Waals surface area contributed by atoms with Crippen LogP contribution in [-0.2, 0) is 9.59 Å². The number of carbonyl (C=O) groups excluding carboxylic acids is 2. The summed E-state index contributed by atoms with van der Waals surface area (Å²) in [6, 6.07) is 7.42. The summed E-state index contributed by atoms with van der Waals surface area (Å²) < 4.78 is 0. The molecule has 0 spiro atoms. The minimum atomic E-state index is -0.803. The van der Waals surface area contributed by atoms with E-state index in [1.54, 1.807) is 4.90 Å².